The molecule has 0 aliphatic carbocycles. The summed E-state index contributed by atoms with van der Waals surface area (Å²) >= 11 is 0. The van der Waals surface area contributed by atoms with E-state index in [0.717, 1.165) is 38.7 Å². The van der Waals surface area contributed by atoms with Crippen LogP contribution < -0.4 is 10.5 Å². The summed E-state index contributed by atoms with van der Waals surface area (Å²) in [5.41, 5.74) is 9.89. The fourth-order valence-corrected chi connectivity index (χ4v) is 3.66. The quantitative estimate of drug-likeness (QED) is 0.472. The van der Waals surface area contributed by atoms with Gasteiger partial charge in [-0.3, -0.25) is 14.9 Å². The Balaban J connectivity index is 1.70. The Morgan fingerprint density at radius 3 is 2.90 bits per heavy atom. The number of fused-ring (bicyclic) bond motifs is 2. The zero-order chi connectivity index (χ0) is 20.7. The number of nitrogens with zero attached hydrogens (tertiary/aromatic N) is 4. The Kier molecular flexibility index (Phi) is 4.17. The van der Waals surface area contributed by atoms with Gasteiger partial charge in [-0.1, -0.05) is 12.1 Å². The molecular weight excluding hydrogens is 380 g/mol. The second-order valence-corrected chi connectivity index (χ2v) is 7.01. The number of aryl methyl sites for hydroxylation is 1. The standard InChI is InChI=1S/C22H18N6O2/c1-28-11-16(14-8-17(21(23)29)26-22-15(14)10-25-27-22)20-18(28)5-2-6-19(20)30-12-13-4-3-7-24-9-13/h2-11H,12H2,1H3,(H2,23,29)(H,25,26,27). The molecule has 1 aromatic carbocycles. The van der Waals surface area contributed by atoms with Gasteiger partial charge in [0.15, 0.2) is 5.65 Å². The third kappa shape index (κ3) is 2.95. The van der Waals surface area contributed by atoms with Crippen LogP contribution in [0.15, 0.2) is 61.2 Å². The van der Waals surface area contributed by atoms with E-state index in [2.05, 4.69) is 20.2 Å². The van der Waals surface area contributed by atoms with Crippen LogP contribution in [0.1, 0.15) is 16.1 Å². The van der Waals surface area contributed by atoms with Crippen molar-refractivity contribution >= 4 is 27.8 Å². The smallest absolute Gasteiger partial charge is 0.267 e. The van der Waals surface area contributed by atoms with E-state index in [1.54, 1.807) is 24.7 Å². The van der Waals surface area contributed by atoms with E-state index in [0.29, 0.717) is 12.3 Å². The normalized spacial score (nSPS) is 11.2. The lowest BCUT2D eigenvalue weighted by atomic mass is 10.0. The van der Waals surface area contributed by atoms with Crippen molar-refractivity contribution in [1.29, 1.82) is 0 Å². The van der Waals surface area contributed by atoms with Crippen LogP contribution in [0.3, 0.4) is 0 Å². The van der Waals surface area contributed by atoms with Crippen LogP contribution in [-0.4, -0.2) is 30.6 Å². The number of rotatable bonds is 5. The molecule has 0 radical (unpaired) electrons. The molecule has 0 unspecified atom stereocenters. The molecule has 0 atom stereocenters. The number of H-pyrrole nitrogens is 1. The number of aromatic amines is 1. The molecule has 4 heterocycles. The Bertz CT molecular complexity index is 1390. The first-order valence-corrected chi connectivity index (χ1v) is 9.36. The first kappa shape index (κ1) is 17.9. The number of hydrogen-bond acceptors (Lipinski definition) is 5. The molecule has 0 aliphatic rings. The van der Waals surface area contributed by atoms with Crippen molar-refractivity contribution in [2.24, 2.45) is 12.8 Å². The van der Waals surface area contributed by atoms with Crippen LogP contribution in [0.5, 0.6) is 5.75 Å². The van der Waals surface area contributed by atoms with Gasteiger partial charge < -0.3 is 15.0 Å². The maximum atomic E-state index is 11.8. The van der Waals surface area contributed by atoms with Crippen molar-refractivity contribution in [3.63, 3.8) is 0 Å². The molecule has 3 N–H and O–H groups in total. The first-order valence-electron chi connectivity index (χ1n) is 9.36. The molecule has 0 saturated heterocycles. The maximum Gasteiger partial charge on any atom is 0.267 e. The molecule has 4 aromatic heterocycles. The lowest BCUT2D eigenvalue weighted by Crippen LogP contribution is -2.13. The van der Waals surface area contributed by atoms with Crippen LogP contribution in [0.4, 0.5) is 0 Å². The predicted octanol–water partition coefficient (Wildman–Crippen LogP) is 3.19. The molecule has 148 valence electrons. The SMILES string of the molecule is Cn1cc(-c2cc(C(N)=O)nc3[nH]ncc23)c2c(OCc3cccnc3)cccc21. The summed E-state index contributed by atoms with van der Waals surface area (Å²) in [4.78, 5) is 20.2. The van der Waals surface area contributed by atoms with Gasteiger partial charge in [0.1, 0.15) is 18.1 Å². The summed E-state index contributed by atoms with van der Waals surface area (Å²) in [7, 11) is 1.97. The highest BCUT2D eigenvalue weighted by atomic mass is 16.5. The number of ether oxygens (including phenoxy) is 1. The average Bonchev–Trinajstić information content (AvgIpc) is 3.37. The number of primary amides is 1. The van der Waals surface area contributed by atoms with Crippen molar-refractivity contribution < 1.29 is 9.53 Å². The number of carbonyl (C=O) groups is 1. The zero-order valence-electron chi connectivity index (χ0n) is 16.2. The molecule has 5 rings (SSSR count). The molecule has 5 aromatic rings. The second-order valence-electron chi connectivity index (χ2n) is 7.01. The molecule has 0 bridgehead atoms. The number of carbonyl (C=O) groups excluding carboxylic acids is 1. The fraction of sp³-hybridized carbons (Fsp3) is 0.0909. The van der Waals surface area contributed by atoms with Crippen LogP contribution in [0.25, 0.3) is 33.1 Å². The van der Waals surface area contributed by atoms with Crippen molar-refractivity contribution in [3.05, 3.63) is 72.4 Å². The van der Waals surface area contributed by atoms with Crippen LogP contribution in [0.2, 0.25) is 0 Å². The number of nitrogens with two attached hydrogens (primary N) is 1. The Morgan fingerprint density at radius 1 is 1.20 bits per heavy atom. The van der Waals surface area contributed by atoms with E-state index in [9.17, 15) is 4.79 Å². The Labute approximate surface area is 171 Å². The van der Waals surface area contributed by atoms with Gasteiger partial charge in [-0.25, -0.2) is 4.98 Å². The van der Waals surface area contributed by atoms with Gasteiger partial charge >= 0.3 is 0 Å². The Hall–Kier alpha value is -4.20. The largest absolute Gasteiger partial charge is 0.488 e. The topological polar surface area (TPSA) is 112 Å². The molecule has 0 saturated carbocycles. The molecule has 0 fully saturated rings. The third-order valence-electron chi connectivity index (χ3n) is 5.06. The van der Waals surface area contributed by atoms with Crippen molar-refractivity contribution in [3.8, 4) is 16.9 Å². The highest BCUT2D eigenvalue weighted by Gasteiger charge is 2.19. The molecular formula is C22H18N6O2. The van der Waals surface area contributed by atoms with Gasteiger partial charge in [-0.2, -0.15) is 5.10 Å². The van der Waals surface area contributed by atoms with Crippen molar-refractivity contribution in [2.75, 3.05) is 0 Å². The first-order chi connectivity index (χ1) is 14.6. The monoisotopic (exact) mass is 398 g/mol. The number of aromatic nitrogens is 5. The van der Waals surface area contributed by atoms with Gasteiger partial charge in [-0.05, 0) is 29.8 Å². The number of hydrogen-bond donors (Lipinski definition) is 2. The van der Waals surface area contributed by atoms with Gasteiger partial charge in [0.05, 0.1) is 11.7 Å². The van der Waals surface area contributed by atoms with Gasteiger partial charge in [0, 0.05) is 47.5 Å². The van der Waals surface area contributed by atoms with E-state index in [-0.39, 0.29) is 5.69 Å². The molecule has 8 nitrogen and oxygen atoms in total. The van der Waals surface area contributed by atoms with Crippen molar-refractivity contribution in [1.82, 2.24) is 24.7 Å². The molecule has 1 amide bonds. The zero-order valence-corrected chi connectivity index (χ0v) is 16.2. The summed E-state index contributed by atoms with van der Waals surface area (Å²) in [6.45, 7) is 0.394. The highest BCUT2D eigenvalue weighted by molar-refractivity contribution is 6.08. The third-order valence-corrected chi connectivity index (χ3v) is 5.06. The minimum absolute atomic E-state index is 0.174. The van der Waals surface area contributed by atoms with Crippen LogP contribution >= 0.6 is 0 Å². The van der Waals surface area contributed by atoms with E-state index >= 15 is 0 Å². The molecule has 0 spiro atoms. The Morgan fingerprint density at radius 2 is 2.10 bits per heavy atom. The summed E-state index contributed by atoms with van der Waals surface area (Å²) in [6.07, 6.45) is 7.22. The lowest BCUT2D eigenvalue weighted by molar-refractivity contribution is 0.0996. The lowest BCUT2D eigenvalue weighted by Gasteiger charge is -2.10. The summed E-state index contributed by atoms with van der Waals surface area (Å²) in [5, 5.41) is 8.65. The van der Waals surface area contributed by atoms with Crippen LogP contribution in [-0.2, 0) is 13.7 Å². The number of pyridine rings is 2. The van der Waals surface area contributed by atoms with E-state index in [4.69, 9.17) is 10.5 Å². The second kappa shape index (κ2) is 7.00. The summed E-state index contributed by atoms with van der Waals surface area (Å²) in [5.74, 6) is 0.141. The fourth-order valence-electron chi connectivity index (χ4n) is 3.66. The summed E-state index contributed by atoms with van der Waals surface area (Å²) < 4.78 is 8.19. The molecule has 0 aliphatic heterocycles. The van der Waals surface area contributed by atoms with E-state index in [1.807, 2.05) is 48.1 Å². The molecule has 8 heteroatoms. The highest BCUT2D eigenvalue weighted by Crippen LogP contribution is 2.39. The minimum atomic E-state index is -0.596. The molecule has 30 heavy (non-hydrogen) atoms. The van der Waals surface area contributed by atoms with Gasteiger partial charge in [0.2, 0.25) is 0 Å². The number of nitrogens with one attached hydrogen (secondary N) is 1. The van der Waals surface area contributed by atoms with Crippen LogP contribution in [0, 0.1) is 0 Å². The van der Waals surface area contributed by atoms with Crippen molar-refractivity contribution in [2.45, 2.75) is 6.61 Å². The van der Waals surface area contributed by atoms with E-state index < -0.39 is 5.91 Å². The van der Waals surface area contributed by atoms with E-state index in [1.165, 1.54) is 0 Å². The predicted molar refractivity (Wildman–Crippen MR) is 113 cm³/mol. The average molecular weight is 398 g/mol. The summed E-state index contributed by atoms with van der Waals surface area (Å²) in [6, 6.07) is 11.5. The van der Waals surface area contributed by atoms with Gasteiger partial charge in [-0.15, -0.1) is 0 Å². The number of benzene rings is 1. The maximum absolute atomic E-state index is 11.8. The number of amides is 1. The van der Waals surface area contributed by atoms with Gasteiger partial charge in [0.25, 0.3) is 5.91 Å². The minimum Gasteiger partial charge on any atom is -0.488 e.